The first-order valence-electron chi connectivity index (χ1n) is 9.25. The second-order valence-corrected chi connectivity index (χ2v) is 7.09. The molecule has 4 rings (SSSR count). The van der Waals surface area contributed by atoms with E-state index in [0.717, 1.165) is 41.9 Å². The fourth-order valence-corrected chi connectivity index (χ4v) is 3.55. The van der Waals surface area contributed by atoms with Crippen molar-refractivity contribution in [2.45, 2.75) is 26.3 Å². The van der Waals surface area contributed by atoms with Crippen LogP contribution in [0.1, 0.15) is 40.5 Å². The zero-order valence-corrected chi connectivity index (χ0v) is 16.0. The van der Waals surface area contributed by atoms with Gasteiger partial charge in [0.2, 0.25) is 0 Å². The highest BCUT2D eigenvalue weighted by Gasteiger charge is 2.19. The van der Waals surface area contributed by atoms with Crippen molar-refractivity contribution < 1.29 is 9.53 Å². The predicted octanol–water partition coefficient (Wildman–Crippen LogP) is 2.78. The quantitative estimate of drug-likeness (QED) is 0.763. The molecule has 0 aliphatic carbocycles. The molecule has 7 heteroatoms. The molecule has 2 aliphatic rings. The lowest BCUT2D eigenvalue weighted by molar-refractivity contribution is 0.102. The Morgan fingerprint density at radius 1 is 1.32 bits per heavy atom. The number of rotatable bonds is 3. The number of methoxy groups -OCH3 is 1. The van der Waals surface area contributed by atoms with E-state index in [1.807, 2.05) is 25.1 Å². The van der Waals surface area contributed by atoms with E-state index in [-0.39, 0.29) is 5.91 Å². The summed E-state index contributed by atoms with van der Waals surface area (Å²) in [4.78, 5) is 21.9. The van der Waals surface area contributed by atoms with Crippen LogP contribution in [0.4, 0.5) is 11.4 Å². The summed E-state index contributed by atoms with van der Waals surface area (Å²) in [5, 5.41) is 6.24. The molecular formula is C21H23N5O2. The van der Waals surface area contributed by atoms with Crippen LogP contribution in [0.2, 0.25) is 0 Å². The van der Waals surface area contributed by atoms with E-state index in [1.165, 1.54) is 0 Å². The van der Waals surface area contributed by atoms with Gasteiger partial charge in [-0.2, -0.15) is 0 Å². The molecule has 0 unspecified atom stereocenters. The van der Waals surface area contributed by atoms with Gasteiger partial charge < -0.3 is 21.1 Å². The van der Waals surface area contributed by atoms with Crippen molar-refractivity contribution in [3.05, 3.63) is 52.4 Å². The van der Waals surface area contributed by atoms with E-state index in [1.54, 1.807) is 19.4 Å². The van der Waals surface area contributed by atoms with Crippen molar-refractivity contribution >= 4 is 29.2 Å². The SMILES string of the molecule is COc1cc2c(cc1C(=O)Nc1cnc3c(c1)CNCC3)N=C(N)CC(C)=C2. The molecule has 0 saturated carbocycles. The zero-order chi connectivity index (χ0) is 19.7. The molecular weight excluding hydrogens is 354 g/mol. The molecule has 3 heterocycles. The van der Waals surface area contributed by atoms with Gasteiger partial charge in [0.1, 0.15) is 11.6 Å². The summed E-state index contributed by atoms with van der Waals surface area (Å²) in [6.45, 7) is 3.69. The summed E-state index contributed by atoms with van der Waals surface area (Å²) in [6, 6.07) is 5.51. The molecule has 0 atom stereocenters. The number of hydrogen-bond donors (Lipinski definition) is 3. The number of anilines is 1. The number of pyridine rings is 1. The highest BCUT2D eigenvalue weighted by atomic mass is 16.5. The number of ether oxygens (including phenoxy) is 1. The Balaban J connectivity index is 1.67. The number of carbonyl (C=O) groups excluding carboxylic acids is 1. The Hall–Kier alpha value is -3.19. The lowest BCUT2D eigenvalue weighted by Gasteiger charge is -2.17. The molecule has 2 aromatic rings. The number of fused-ring (bicyclic) bond motifs is 2. The highest BCUT2D eigenvalue weighted by molar-refractivity contribution is 6.07. The summed E-state index contributed by atoms with van der Waals surface area (Å²) in [5.41, 5.74) is 11.9. The summed E-state index contributed by atoms with van der Waals surface area (Å²) < 4.78 is 5.47. The molecule has 1 aromatic heterocycles. The largest absolute Gasteiger partial charge is 0.496 e. The average Bonchev–Trinajstić information content (AvgIpc) is 2.82. The van der Waals surface area contributed by atoms with E-state index < -0.39 is 0 Å². The zero-order valence-electron chi connectivity index (χ0n) is 16.0. The number of aliphatic imine (C=N–C) groups is 1. The molecule has 4 N–H and O–H groups in total. The standard InChI is InChI=1S/C21H23N5O2/c1-12-5-13-8-19(28-2)16(9-18(13)26-20(22)6-12)21(27)25-15-7-14-10-23-4-3-17(14)24-11-15/h5,7-9,11,23H,3-4,6,10H2,1-2H3,(H2,22,26)(H,25,27). The molecule has 0 saturated heterocycles. The maximum atomic E-state index is 12.9. The monoisotopic (exact) mass is 377 g/mol. The molecule has 1 amide bonds. The fourth-order valence-electron chi connectivity index (χ4n) is 3.55. The van der Waals surface area contributed by atoms with Crippen LogP contribution in [0.3, 0.4) is 0 Å². The number of amides is 1. The van der Waals surface area contributed by atoms with E-state index in [0.29, 0.717) is 34.9 Å². The third-order valence-corrected chi connectivity index (χ3v) is 4.89. The predicted molar refractivity (Wildman–Crippen MR) is 110 cm³/mol. The van der Waals surface area contributed by atoms with Gasteiger partial charge >= 0.3 is 0 Å². The molecule has 2 aliphatic heterocycles. The number of nitrogens with one attached hydrogen (secondary N) is 2. The van der Waals surface area contributed by atoms with Gasteiger partial charge in [0.15, 0.2) is 0 Å². The van der Waals surface area contributed by atoms with Gasteiger partial charge in [0.25, 0.3) is 5.91 Å². The van der Waals surface area contributed by atoms with Gasteiger partial charge in [-0.1, -0.05) is 11.6 Å². The number of carbonyl (C=O) groups is 1. The van der Waals surface area contributed by atoms with Crippen LogP contribution in [-0.4, -0.2) is 30.4 Å². The second-order valence-electron chi connectivity index (χ2n) is 7.09. The van der Waals surface area contributed by atoms with E-state index in [9.17, 15) is 4.79 Å². The van der Waals surface area contributed by atoms with Crippen LogP contribution in [-0.2, 0) is 13.0 Å². The molecule has 0 fully saturated rings. The van der Waals surface area contributed by atoms with Crippen LogP contribution >= 0.6 is 0 Å². The first-order valence-corrected chi connectivity index (χ1v) is 9.25. The number of amidine groups is 1. The molecule has 144 valence electrons. The number of nitrogens with zero attached hydrogens (tertiary/aromatic N) is 2. The second kappa shape index (κ2) is 7.44. The van der Waals surface area contributed by atoms with E-state index in [4.69, 9.17) is 10.5 Å². The highest BCUT2D eigenvalue weighted by Crippen LogP contribution is 2.33. The van der Waals surface area contributed by atoms with Crippen LogP contribution in [0.5, 0.6) is 5.75 Å². The van der Waals surface area contributed by atoms with Gasteiger partial charge in [-0.25, -0.2) is 4.99 Å². The normalized spacial score (nSPS) is 15.5. The Kier molecular flexibility index (Phi) is 4.83. The number of aromatic nitrogens is 1. The van der Waals surface area contributed by atoms with Crippen LogP contribution in [0, 0.1) is 0 Å². The summed E-state index contributed by atoms with van der Waals surface area (Å²) >= 11 is 0. The van der Waals surface area contributed by atoms with Crippen molar-refractivity contribution in [3.63, 3.8) is 0 Å². The van der Waals surface area contributed by atoms with Gasteiger partial charge in [-0.05, 0) is 30.7 Å². The number of nitrogens with two attached hydrogens (primary N) is 1. The van der Waals surface area contributed by atoms with Crippen molar-refractivity contribution in [1.29, 1.82) is 0 Å². The molecule has 7 nitrogen and oxygen atoms in total. The minimum absolute atomic E-state index is 0.274. The van der Waals surface area contributed by atoms with Gasteiger partial charge in [-0.15, -0.1) is 0 Å². The average molecular weight is 377 g/mol. The van der Waals surface area contributed by atoms with Crippen molar-refractivity contribution in [1.82, 2.24) is 10.3 Å². The maximum Gasteiger partial charge on any atom is 0.259 e. The maximum absolute atomic E-state index is 12.9. The number of hydrogen-bond acceptors (Lipinski definition) is 6. The third-order valence-electron chi connectivity index (χ3n) is 4.89. The summed E-state index contributed by atoms with van der Waals surface area (Å²) in [7, 11) is 1.55. The lowest BCUT2D eigenvalue weighted by atomic mass is 10.0. The van der Waals surface area contributed by atoms with Gasteiger partial charge in [-0.3, -0.25) is 9.78 Å². The minimum Gasteiger partial charge on any atom is -0.496 e. The summed E-state index contributed by atoms with van der Waals surface area (Å²) in [5.74, 6) is 0.739. The molecule has 0 radical (unpaired) electrons. The minimum atomic E-state index is -0.274. The van der Waals surface area contributed by atoms with Gasteiger partial charge in [0.05, 0.1) is 30.2 Å². The van der Waals surface area contributed by atoms with Crippen LogP contribution < -0.4 is 21.1 Å². The van der Waals surface area contributed by atoms with E-state index in [2.05, 4.69) is 20.6 Å². The number of benzene rings is 1. The Labute approximate surface area is 163 Å². The van der Waals surface area contributed by atoms with E-state index >= 15 is 0 Å². The van der Waals surface area contributed by atoms with Crippen LogP contribution in [0.25, 0.3) is 6.08 Å². The first-order chi connectivity index (χ1) is 13.5. The topological polar surface area (TPSA) is 102 Å². The Bertz CT molecular complexity index is 1010. The molecule has 0 bridgehead atoms. The van der Waals surface area contributed by atoms with Crippen molar-refractivity contribution in [2.75, 3.05) is 19.0 Å². The molecule has 0 spiro atoms. The Morgan fingerprint density at radius 2 is 2.18 bits per heavy atom. The Morgan fingerprint density at radius 3 is 3.00 bits per heavy atom. The summed E-state index contributed by atoms with van der Waals surface area (Å²) in [6.07, 6.45) is 5.21. The molecule has 1 aromatic carbocycles. The van der Waals surface area contributed by atoms with Crippen LogP contribution in [0.15, 0.2) is 35.0 Å². The fraction of sp³-hybridized carbons (Fsp3) is 0.286. The van der Waals surface area contributed by atoms with Crippen molar-refractivity contribution in [3.8, 4) is 5.75 Å². The third kappa shape index (κ3) is 3.61. The first kappa shape index (κ1) is 18.2. The van der Waals surface area contributed by atoms with Gasteiger partial charge in [0, 0.05) is 37.2 Å². The molecule has 28 heavy (non-hydrogen) atoms. The lowest BCUT2D eigenvalue weighted by Crippen LogP contribution is -2.25. The smallest absolute Gasteiger partial charge is 0.259 e. The van der Waals surface area contributed by atoms with Crippen molar-refractivity contribution in [2.24, 2.45) is 10.7 Å².